The average Bonchev–Trinajstić information content (AvgIpc) is 2.47. The van der Waals surface area contributed by atoms with Crippen LogP contribution in [-0.4, -0.2) is 43.6 Å². The third-order valence-electron chi connectivity index (χ3n) is 4.09. The Morgan fingerprint density at radius 3 is 2.76 bits per heavy atom. The van der Waals surface area contributed by atoms with Crippen molar-refractivity contribution in [1.82, 2.24) is 5.32 Å². The predicted octanol–water partition coefficient (Wildman–Crippen LogP) is 2.33. The van der Waals surface area contributed by atoms with Gasteiger partial charge >= 0.3 is 0 Å². The van der Waals surface area contributed by atoms with E-state index in [1.807, 2.05) is 7.05 Å². The largest absolute Gasteiger partial charge is 0.394 e. The van der Waals surface area contributed by atoms with Gasteiger partial charge in [-0.25, -0.2) is 0 Å². The Bertz CT molecular complexity index is 458. The minimum atomic E-state index is -0.250. The van der Waals surface area contributed by atoms with E-state index in [1.54, 1.807) is 0 Å². The van der Waals surface area contributed by atoms with Gasteiger partial charge in [-0.1, -0.05) is 25.1 Å². The standard InChI is InChI=1S/C17H28N2O2/c1-5-15(18-4)14-8-6-7-9-16(14)19-10-13(11-20)21-17(2,3)12-19/h6-9,13,15,18,20H,5,10-12H2,1-4H3. The molecule has 2 N–H and O–H groups in total. The zero-order chi connectivity index (χ0) is 15.5. The molecule has 0 amide bonds. The summed E-state index contributed by atoms with van der Waals surface area (Å²) in [6, 6.07) is 8.88. The molecule has 0 aliphatic carbocycles. The molecule has 1 fully saturated rings. The van der Waals surface area contributed by atoms with Crippen LogP contribution in [0.15, 0.2) is 24.3 Å². The molecule has 0 aromatic heterocycles. The number of anilines is 1. The van der Waals surface area contributed by atoms with Crippen LogP contribution in [0.2, 0.25) is 0 Å². The number of aliphatic hydroxyl groups excluding tert-OH is 1. The first-order valence-electron chi connectivity index (χ1n) is 7.80. The zero-order valence-corrected chi connectivity index (χ0v) is 13.6. The molecule has 0 bridgehead atoms. The maximum atomic E-state index is 9.49. The molecular weight excluding hydrogens is 264 g/mol. The third kappa shape index (κ3) is 3.76. The normalized spacial score (nSPS) is 23.1. The number of para-hydroxylation sites is 1. The van der Waals surface area contributed by atoms with Crippen LogP contribution >= 0.6 is 0 Å². The minimum Gasteiger partial charge on any atom is -0.394 e. The summed E-state index contributed by atoms with van der Waals surface area (Å²) in [5, 5.41) is 12.9. The van der Waals surface area contributed by atoms with Gasteiger partial charge in [0.25, 0.3) is 0 Å². The highest BCUT2D eigenvalue weighted by atomic mass is 16.5. The number of hydrogen-bond acceptors (Lipinski definition) is 4. The molecule has 1 aromatic rings. The van der Waals surface area contributed by atoms with Crippen molar-refractivity contribution in [2.75, 3.05) is 31.6 Å². The van der Waals surface area contributed by atoms with Gasteiger partial charge in [0, 0.05) is 24.8 Å². The zero-order valence-electron chi connectivity index (χ0n) is 13.6. The van der Waals surface area contributed by atoms with E-state index < -0.39 is 0 Å². The molecular formula is C17H28N2O2. The van der Waals surface area contributed by atoms with Crippen molar-refractivity contribution in [1.29, 1.82) is 0 Å². The smallest absolute Gasteiger partial charge is 0.0988 e. The highest BCUT2D eigenvalue weighted by molar-refractivity contribution is 5.55. The lowest BCUT2D eigenvalue weighted by Gasteiger charge is -2.44. The van der Waals surface area contributed by atoms with Crippen LogP contribution < -0.4 is 10.2 Å². The SMILES string of the molecule is CCC(NC)c1ccccc1N1CC(CO)OC(C)(C)C1. The van der Waals surface area contributed by atoms with E-state index in [4.69, 9.17) is 4.74 Å². The summed E-state index contributed by atoms with van der Waals surface area (Å²) in [6.45, 7) is 7.99. The van der Waals surface area contributed by atoms with Gasteiger partial charge in [-0.05, 0) is 38.9 Å². The first-order valence-corrected chi connectivity index (χ1v) is 7.80. The minimum absolute atomic E-state index is 0.0608. The summed E-state index contributed by atoms with van der Waals surface area (Å²) < 4.78 is 5.92. The van der Waals surface area contributed by atoms with E-state index in [9.17, 15) is 5.11 Å². The van der Waals surface area contributed by atoms with E-state index in [2.05, 4.69) is 55.3 Å². The molecule has 118 valence electrons. The molecule has 0 saturated carbocycles. The van der Waals surface area contributed by atoms with E-state index >= 15 is 0 Å². The lowest BCUT2D eigenvalue weighted by Crippen LogP contribution is -2.54. The van der Waals surface area contributed by atoms with Crippen molar-refractivity contribution in [3.63, 3.8) is 0 Å². The molecule has 1 aliphatic rings. The Morgan fingerprint density at radius 1 is 1.43 bits per heavy atom. The molecule has 2 atom stereocenters. The van der Waals surface area contributed by atoms with Crippen LogP contribution in [0.4, 0.5) is 5.69 Å². The van der Waals surface area contributed by atoms with Crippen LogP contribution in [0.1, 0.15) is 38.8 Å². The number of aliphatic hydroxyl groups is 1. The Labute approximate surface area is 128 Å². The van der Waals surface area contributed by atoms with Crippen molar-refractivity contribution in [2.24, 2.45) is 0 Å². The topological polar surface area (TPSA) is 44.7 Å². The van der Waals surface area contributed by atoms with Crippen molar-refractivity contribution < 1.29 is 9.84 Å². The van der Waals surface area contributed by atoms with Gasteiger partial charge < -0.3 is 20.1 Å². The van der Waals surface area contributed by atoms with Crippen LogP contribution in [0.25, 0.3) is 0 Å². The third-order valence-corrected chi connectivity index (χ3v) is 4.09. The van der Waals surface area contributed by atoms with Gasteiger partial charge in [0.15, 0.2) is 0 Å². The Hall–Kier alpha value is -1.10. The first-order chi connectivity index (χ1) is 10.0. The first kappa shape index (κ1) is 16.3. The van der Waals surface area contributed by atoms with Crippen LogP contribution in [0.5, 0.6) is 0 Å². The maximum Gasteiger partial charge on any atom is 0.0988 e. The highest BCUT2D eigenvalue weighted by Crippen LogP contribution is 2.32. The second kappa shape index (κ2) is 6.77. The van der Waals surface area contributed by atoms with Gasteiger partial charge in [-0.15, -0.1) is 0 Å². The lowest BCUT2D eigenvalue weighted by atomic mass is 9.98. The van der Waals surface area contributed by atoms with Gasteiger partial charge in [-0.3, -0.25) is 0 Å². The van der Waals surface area contributed by atoms with Gasteiger partial charge in [0.2, 0.25) is 0 Å². The molecule has 1 saturated heterocycles. The molecule has 21 heavy (non-hydrogen) atoms. The summed E-state index contributed by atoms with van der Waals surface area (Å²) in [4.78, 5) is 2.35. The second-order valence-electron chi connectivity index (χ2n) is 6.37. The molecule has 1 aliphatic heterocycles. The van der Waals surface area contributed by atoms with E-state index in [-0.39, 0.29) is 18.3 Å². The second-order valence-corrected chi connectivity index (χ2v) is 6.37. The number of morpholine rings is 1. The van der Waals surface area contributed by atoms with E-state index in [0.717, 1.165) is 19.5 Å². The van der Waals surface area contributed by atoms with Crippen LogP contribution in [0, 0.1) is 0 Å². The van der Waals surface area contributed by atoms with Crippen molar-refractivity contribution in [3.05, 3.63) is 29.8 Å². The molecule has 0 radical (unpaired) electrons. The van der Waals surface area contributed by atoms with Gasteiger partial charge in [-0.2, -0.15) is 0 Å². The molecule has 1 heterocycles. The summed E-state index contributed by atoms with van der Waals surface area (Å²) in [7, 11) is 2.00. The predicted molar refractivity (Wildman–Crippen MR) is 86.8 cm³/mol. The number of ether oxygens (including phenoxy) is 1. The Balaban J connectivity index is 2.32. The molecule has 2 rings (SSSR count). The van der Waals surface area contributed by atoms with Crippen LogP contribution in [-0.2, 0) is 4.74 Å². The van der Waals surface area contributed by atoms with Crippen molar-refractivity contribution in [2.45, 2.75) is 44.9 Å². The van der Waals surface area contributed by atoms with Crippen molar-refractivity contribution in [3.8, 4) is 0 Å². The fourth-order valence-electron chi connectivity index (χ4n) is 3.22. The number of nitrogens with one attached hydrogen (secondary N) is 1. The summed E-state index contributed by atoms with van der Waals surface area (Å²) in [5.41, 5.74) is 2.31. The molecule has 1 aromatic carbocycles. The van der Waals surface area contributed by atoms with Crippen LogP contribution in [0.3, 0.4) is 0 Å². The lowest BCUT2D eigenvalue weighted by molar-refractivity contribution is -0.101. The van der Waals surface area contributed by atoms with Crippen molar-refractivity contribution >= 4 is 5.69 Å². The number of benzene rings is 1. The fraction of sp³-hybridized carbons (Fsp3) is 0.647. The molecule has 0 spiro atoms. The number of hydrogen-bond donors (Lipinski definition) is 2. The Morgan fingerprint density at radius 2 is 2.14 bits per heavy atom. The fourth-order valence-corrected chi connectivity index (χ4v) is 3.22. The van der Waals surface area contributed by atoms with Gasteiger partial charge in [0.05, 0.1) is 18.3 Å². The summed E-state index contributed by atoms with van der Waals surface area (Å²) in [6.07, 6.45) is 0.918. The summed E-state index contributed by atoms with van der Waals surface area (Å²) in [5.74, 6) is 0. The number of nitrogens with zero attached hydrogens (tertiary/aromatic N) is 1. The Kier molecular flexibility index (Phi) is 5.25. The molecule has 2 unspecified atom stereocenters. The van der Waals surface area contributed by atoms with E-state index in [1.165, 1.54) is 11.3 Å². The molecule has 4 heteroatoms. The monoisotopic (exact) mass is 292 g/mol. The summed E-state index contributed by atoms with van der Waals surface area (Å²) >= 11 is 0. The maximum absolute atomic E-state index is 9.49. The quantitative estimate of drug-likeness (QED) is 0.874. The number of rotatable bonds is 5. The van der Waals surface area contributed by atoms with E-state index in [0.29, 0.717) is 6.04 Å². The van der Waals surface area contributed by atoms with Gasteiger partial charge in [0.1, 0.15) is 0 Å². The average molecular weight is 292 g/mol. The highest BCUT2D eigenvalue weighted by Gasteiger charge is 2.34. The molecule has 4 nitrogen and oxygen atoms in total.